The van der Waals surface area contributed by atoms with Gasteiger partial charge in [0.15, 0.2) is 0 Å². The Morgan fingerprint density at radius 1 is 1.00 bits per heavy atom. The van der Waals surface area contributed by atoms with Crippen molar-refractivity contribution in [2.24, 2.45) is 17.3 Å². The van der Waals surface area contributed by atoms with E-state index in [1.807, 2.05) is 25.1 Å². The van der Waals surface area contributed by atoms with E-state index in [9.17, 15) is 13.2 Å². The zero-order chi connectivity index (χ0) is 40.0. The minimum absolute atomic E-state index is 0.151. The van der Waals surface area contributed by atoms with Crippen LogP contribution in [0.15, 0.2) is 48.6 Å². The molecule has 3 fully saturated rings. The minimum atomic E-state index is -3.99. The first-order valence-electron chi connectivity index (χ1n) is 21.5. The molecule has 1 N–H and O–H groups in total. The van der Waals surface area contributed by atoms with Crippen molar-refractivity contribution in [3.8, 4) is 5.75 Å². The fourth-order valence-electron chi connectivity index (χ4n) is 11.2. The number of piperidine rings is 1. The van der Waals surface area contributed by atoms with Gasteiger partial charge in [0.1, 0.15) is 11.4 Å². The number of allylic oxidation sites excluding steroid dienone is 1. The second-order valence-electron chi connectivity index (χ2n) is 18.5. The summed E-state index contributed by atoms with van der Waals surface area (Å²) in [4.78, 5) is 21.6. The lowest BCUT2D eigenvalue weighted by Crippen LogP contribution is -2.64. The Hall–Kier alpha value is -2.67. The number of methoxy groups -OCH3 is 1. The molecule has 2 aromatic rings. The number of hydrogen-bond donors (Lipinski definition) is 1. The smallest absolute Gasteiger partial charge is 0.264 e. The summed E-state index contributed by atoms with van der Waals surface area (Å²) in [6.45, 7) is 14.1. The highest BCUT2D eigenvalue weighted by atomic mass is 35.5. The van der Waals surface area contributed by atoms with Crippen molar-refractivity contribution >= 4 is 33.2 Å². The lowest BCUT2D eigenvalue weighted by molar-refractivity contribution is -0.153. The molecule has 1 spiro atoms. The number of piperazine rings is 1. The Kier molecular flexibility index (Phi) is 11.8. The lowest BCUT2D eigenvalue weighted by atomic mass is 9.54. The van der Waals surface area contributed by atoms with Crippen LogP contribution in [0, 0.1) is 17.3 Å². The van der Waals surface area contributed by atoms with E-state index in [0.717, 1.165) is 75.5 Å². The van der Waals surface area contributed by atoms with Crippen LogP contribution in [0.1, 0.15) is 93.6 Å². The number of hydrogen-bond acceptors (Lipinski definition) is 9. The molecule has 10 nitrogen and oxygen atoms in total. The predicted molar refractivity (Wildman–Crippen MR) is 226 cm³/mol. The molecule has 0 radical (unpaired) electrons. The van der Waals surface area contributed by atoms with Gasteiger partial charge in [-0.2, -0.15) is 0 Å². The van der Waals surface area contributed by atoms with Crippen LogP contribution in [0.2, 0.25) is 5.02 Å². The van der Waals surface area contributed by atoms with Gasteiger partial charge < -0.3 is 19.1 Å². The molecule has 8 rings (SSSR count). The molecule has 312 valence electrons. The van der Waals surface area contributed by atoms with Gasteiger partial charge in [-0.15, -0.1) is 0 Å². The van der Waals surface area contributed by atoms with Crippen LogP contribution >= 0.6 is 11.6 Å². The van der Waals surface area contributed by atoms with E-state index in [4.69, 9.17) is 25.8 Å². The first-order valence-corrected chi connectivity index (χ1v) is 23.4. The summed E-state index contributed by atoms with van der Waals surface area (Å²) in [5, 5.41) is -0.0490. The first kappa shape index (κ1) is 41.1. The van der Waals surface area contributed by atoms with E-state index >= 15 is 0 Å². The van der Waals surface area contributed by atoms with Gasteiger partial charge >= 0.3 is 0 Å². The molecule has 12 heteroatoms. The molecule has 7 atom stereocenters. The second kappa shape index (κ2) is 16.4. The highest BCUT2D eigenvalue weighted by Gasteiger charge is 2.56. The highest BCUT2D eigenvalue weighted by molar-refractivity contribution is 7.90. The van der Waals surface area contributed by atoms with Gasteiger partial charge in [0.05, 0.1) is 30.8 Å². The number of amides is 1. The van der Waals surface area contributed by atoms with E-state index in [1.165, 1.54) is 36.9 Å². The Morgan fingerprint density at radius 2 is 1.86 bits per heavy atom. The molecule has 2 aromatic carbocycles. The van der Waals surface area contributed by atoms with Crippen LogP contribution in [-0.4, -0.2) is 114 Å². The molecule has 2 bridgehead atoms. The Morgan fingerprint density at radius 3 is 2.67 bits per heavy atom. The normalized spacial score (nSPS) is 35.1. The van der Waals surface area contributed by atoms with Crippen molar-refractivity contribution in [1.82, 2.24) is 14.5 Å². The molecule has 4 heterocycles. The van der Waals surface area contributed by atoms with Crippen molar-refractivity contribution in [2.45, 2.75) is 101 Å². The van der Waals surface area contributed by atoms with Crippen LogP contribution in [-0.2, 0) is 31.3 Å². The predicted octanol–water partition coefficient (Wildman–Crippen LogP) is 6.85. The largest absolute Gasteiger partial charge is 0.490 e. The summed E-state index contributed by atoms with van der Waals surface area (Å²) < 4.78 is 49.6. The third-order valence-corrected chi connectivity index (χ3v) is 16.9. The van der Waals surface area contributed by atoms with Crippen LogP contribution in [0.25, 0.3) is 0 Å². The monoisotopic (exact) mass is 822 g/mol. The van der Waals surface area contributed by atoms with Gasteiger partial charge in [0, 0.05) is 68.4 Å². The van der Waals surface area contributed by atoms with E-state index < -0.39 is 26.8 Å². The van der Waals surface area contributed by atoms with Crippen molar-refractivity contribution in [3.05, 3.63) is 70.3 Å². The number of nitrogens with one attached hydrogen (secondary N) is 1. The molecule has 0 aromatic heterocycles. The summed E-state index contributed by atoms with van der Waals surface area (Å²) in [7, 11) is -2.26. The standard InChI is InChI=1S/C45H63ClN4O6S/c1-32-9-7-18-45(56-24-23-54-4,30-48-21-22-49-20-6-5-11-37(49)27-48)41-16-19-43(41,3)28-50-29-44(17-8-10-34-25-36(46)13-14-38(34)44)31-55-40-15-12-35(26-39(40)50)42(51)47-57(52,53)33(32)2/h7,12-15,18,25-26,32-33,37,41H,5-6,8-11,16-17,19-24,27-31H2,1-4H3,(H,47,51)/b18-7+/t32-,33+,37+,41+,43?,44-,45+/m0/s1. The Labute approximate surface area is 345 Å². The van der Waals surface area contributed by atoms with Crippen molar-refractivity contribution in [3.63, 3.8) is 0 Å². The topological polar surface area (TPSA) is 101 Å². The van der Waals surface area contributed by atoms with Crippen LogP contribution in [0.4, 0.5) is 5.69 Å². The molecule has 1 amide bonds. The fourth-order valence-corrected chi connectivity index (χ4v) is 12.7. The van der Waals surface area contributed by atoms with Gasteiger partial charge in [-0.05, 0) is 124 Å². The Bertz CT molecular complexity index is 1950. The average Bonchev–Trinajstić information content (AvgIpc) is 3.33. The number of sulfonamides is 1. The van der Waals surface area contributed by atoms with Crippen molar-refractivity contribution in [1.29, 1.82) is 0 Å². The maximum absolute atomic E-state index is 13.8. The summed E-state index contributed by atoms with van der Waals surface area (Å²) in [6.07, 6.45) is 13.8. The van der Waals surface area contributed by atoms with Crippen LogP contribution in [0.3, 0.4) is 0 Å². The van der Waals surface area contributed by atoms with Crippen molar-refractivity contribution < 1.29 is 27.4 Å². The number of rotatable bonds is 6. The third-order valence-electron chi connectivity index (χ3n) is 14.8. The number of ether oxygens (including phenoxy) is 3. The number of anilines is 1. The van der Waals surface area contributed by atoms with Crippen molar-refractivity contribution in [2.75, 3.05) is 77.6 Å². The minimum Gasteiger partial charge on any atom is -0.490 e. The van der Waals surface area contributed by atoms with Gasteiger partial charge in [-0.25, -0.2) is 13.1 Å². The SMILES string of the molecule is COCCO[C@@]1(CN2CCN3CCCC[C@@H]3C2)/C=C/C[C@H](C)[C@@H](C)S(=O)(=O)NC(=O)c2ccc3c(c2)N(CC2(C)CC[C@H]21)C[C@@]1(CCCc2cc(Cl)ccc21)CO3. The number of carbonyl (C=O) groups excluding carboxylic acids is 1. The van der Waals surface area contributed by atoms with E-state index in [1.54, 1.807) is 20.1 Å². The second-order valence-corrected chi connectivity index (χ2v) is 21.0. The number of aryl methyl sites for hydroxylation is 1. The zero-order valence-electron chi connectivity index (χ0n) is 34.4. The van der Waals surface area contributed by atoms with E-state index in [0.29, 0.717) is 50.1 Å². The maximum Gasteiger partial charge on any atom is 0.264 e. The molecular formula is C45H63ClN4O6S. The maximum atomic E-state index is 13.8. The molecule has 57 heavy (non-hydrogen) atoms. The lowest BCUT2D eigenvalue weighted by Gasteiger charge is -2.58. The van der Waals surface area contributed by atoms with E-state index in [-0.39, 0.29) is 22.7 Å². The molecule has 1 saturated carbocycles. The van der Waals surface area contributed by atoms with Gasteiger partial charge in [0.25, 0.3) is 5.91 Å². The quantitative estimate of drug-likeness (QED) is 0.248. The number of nitrogens with zero attached hydrogens (tertiary/aromatic N) is 3. The molecule has 1 unspecified atom stereocenters. The summed E-state index contributed by atoms with van der Waals surface area (Å²) in [5.41, 5.74) is 2.62. The van der Waals surface area contributed by atoms with Gasteiger partial charge in [-0.3, -0.25) is 14.6 Å². The van der Waals surface area contributed by atoms with E-state index in [2.05, 4.69) is 50.6 Å². The van der Waals surface area contributed by atoms with Gasteiger partial charge in [0.2, 0.25) is 10.0 Å². The first-order chi connectivity index (χ1) is 27.3. The van der Waals surface area contributed by atoms with Gasteiger partial charge in [-0.1, -0.05) is 50.1 Å². The molecule has 4 aliphatic heterocycles. The fraction of sp³-hybridized carbons (Fsp3) is 0.667. The number of carbonyl (C=O) groups is 1. The number of halogens is 1. The summed E-state index contributed by atoms with van der Waals surface area (Å²) in [6, 6.07) is 12.3. The molecule has 6 aliphatic rings. The average molecular weight is 824 g/mol. The van der Waals surface area contributed by atoms with Crippen LogP contribution < -0.4 is 14.4 Å². The number of benzene rings is 2. The third kappa shape index (κ3) is 8.15. The van der Waals surface area contributed by atoms with Crippen LogP contribution in [0.5, 0.6) is 5.75 Å². The highest BCUT2D eigenvalue weighted by Crippen LogP contribution is 2.56. The Balaban J connectivity index is 1.23. The molecule has 2 saturated heterocycles. The summed E-state index contributed by atoms with van der Waals surface area (Å²) >= 11 is 6.56. The summed E-state index contributed by atoms with van der Waals surface area (Å²) in [5.74, 6) is 0.0321. The zero-order valence-corrected chi connectivity index (χ0v) is 36.0. The molecular weight excluding hydrogens is 760 g/mol. The number of fused-ring (bicyclic) bond motifs is 5. The molecule has 2 aliphatic carbocycles.